The van der Waals surface area contributed by atoms with Crippen LogP contribution in [0, 0.1) is 5.92 Å². The van der Waals surface area contributed by atoms with Gasteiger partial charge >= 0.3 is 6.09 Å². The molecule has 0 unspecified atom stereocenters. The number of hydrogen-bond acceptors (Lipinski definition) is 3. The van der Waals surface area contributed by atoms with E-state index in [-0.39, 0.29) is 23.2 Å². The summed E-state index contributed by atoms with van der Waals surface area (Å²) in [5.41, 5.74) is 1.70. The first-order chi connectivity index (χ1) is 11.0. The quantitative estimate of drug-likeness (QED) is 0.787. The molecule has 2 bridgehead atoms. The van der Waals surface area contributed by atoms with Crippen molar-refractivity contribution in [3.63, 3.8) is 0 Å². The largest absolute Gasteiger partial charge is 0.445 e. The monoisotopic (exact) mass is 311 g/mol. The second-order valence-electron chi connectivity index (χ2n) is 6.88. The van der Waals surface area contributed by atoms with Crippen molar-refractivity contribution in [3.05, 3.63) is 59.7 Å². The molecule has 1 aromatic carbocycles. The number of rotatable bonds is 2. The van der Waals surface area contributed by atoms with Gasteiger partial charge in [-0.2, -0.15) is 0 Å². The van der Waals surface area contributed by atoms with E-state index in [1.807, 2.05) is 30.3 Å². The van der Waals surface area contributed by atoms with Crippen molar-refractivity contribution in [1.29, 1.82) is 0 Å². The Kier molecular flexibility index (Phi) is 3.13. The number of ether oxygens (including phenoxy) is 2. The van der Waals surface area contributed by atoms with Crippen LogP contribution in [0.2, 0.25) is 0 Å². The zero-order valence-corrected chi connectivity index (χ0v) is 13.5. The van der Waals surface area contributed by atoms with Crippen LogP contribution >= 0.6 is 0 Å². The third-order valence-electron chi connectivity index (χ3n) is 5.20. The number of carbonyl (C=O) groups is 1. The van der Waals surface area contributed by atoms with Gasteiger partial charge in [0.1, 0.15) is 12.2 Å². The van der Waals surface area contributed by atoms with Crippen LogP contribution in [0.4, 0.5) is 4.79 Å². The van der Waals surface area contributed by atoms with Gasteiger partial charge in [0.15, 0.2) is 0 Å². The molecule has 0 saturated carbocycles. The molecule has 3 aliphatic heterocycles. The van der Waals surface area contributed by atoms with Gasteiger partial charge in [-0.15, -0.1) is 0 Å². The molecule has 4 nitrogen and oxygen atoms in total. The Morgan fingerprint density at radius 1 is 1.30 bits per heavy atom. The van der Waals surface area contributed by atoms with Crippen molar-refractivity contribution in [2.24, 2.45) is 5.92 Å². The predicted octanol–water partition coefficient (Wildman–Crippen LogP) is 3.30. The fourth-order valence-electron chi connectivity index (χ4n) is 3.93. The molecule has 23 heavy (non-hydrogen) atoms. The molecule has 4 rings (SSSR count). The van der Waals surface area contributed by atoms with Gasteiger partial charge in [0.25, 0.3) is 0 Å². The minimum absolute atomic E-state index is 0.218. The lowest BCUT2D eigenvalue weighted by Crippen LogP contribution is -2.45. The molecule has 0 aromatic heterocycles. The van der Waals surface area contributed by atoms with E-state index in [2.05, 4.69) is 32.1 Å². The Bertz CT molecular complexity index is 696. The molecule has 0 radical (unpaired) electrons. The third-order valence-corrected chi connectivity index (χ3v) is 5.20. The maximum atomic E-state index is 12.4. The summed E-state index contributed by atoms with van der Waals surface area (Å²) in [7, 11) is 0. The molecule has 3 heterocycles. The van der Waals surface area contributed by atoms with Crippen molar-refractivity contribution >= 4 is 6.09 Å². The van der Waals surface area contributed by atoms with E-state index in [1.165, 1.54) is 5.57 Å². The zero-order valence-electron chi connectivity index (χ0n) is 13.5. The van der Waals surface area contributed by atoms with Crippen LogP contribution < -0.4 is 0 Å². The number of amides is 1. The smallest absolute Gasteiger partial charge is 0.410 e. The van der Waals surface area contributed by atoms with Crippen LogP contribution in [0.15, 0.2) is 54.1 Å². The molecule has 0 aliphatic carbocycles. The van der Waals surface area contributed by atoms with Crippen LogP contribution in [-0.4, -0.2) is 35.3 Å². The standard InChI is InChI=1S/C19H21NO3/c1-18-9-10-19(2,23-18)16-12-20(11-8-15(16)18)17(21)22-13-14-6-4-3-5-7-14/h3-10,16H,11-13H2,1-2H3/t16-,18+,19-/m1/s1. The molecule has 1 aromatic rings. The summed E-state index contributed by atoms with van der Waals surface area (Å²) in [6.45, 7) is 5.74. The van der Waals surface area contributed by atoms with E-state index in [4.69, 9.17) is 9.47 Å². The summed E-state index contributed by atoms with van der Waals surface area (Å²) in [6, 6.07) is 9.75. The van der Waals surface area contributed by atoms with Gasteiger partial charge in [0.05, 0.1) is 5.60 Å². The highest BCUT2D eigenvalue weighted by atomic mass is 16.6. The molecule has 0 N–H and O–H groups in total. The van der Waals surface area contributed by atoms with E-state index in [1.54, 1.807) is 4.90 Å². The summed E-state index contributed by atoms with van der Waals surface area (Å²) in [5.74, 6) is 0.218. The lowest BCUT2D eigenvalue weighted by molar-refractivity contribution is -0.0206. The van der Waals surface area contributed by atoms with Gasteiger partial charge in [-0.3, -0.25) is 0 Å². The molecule has 120 valence electrons. The normalized spacial score (nSPS) is 34.3. The van der Waals surface area contributed by atoms with Crippen molar-refractivity contribution in [2.75, 3.05) is 13.1 Å². The average molecular weight is 311 g/mol. The number of hydrogen-bond donors (Lipinski definition) is 0. The van der Waals surface area contributed by atoms with Gasteiger partial charge in [-0.1, -0.05) is 48.6 Å². The van der Waals surface area contributed by atoms with Crippen LogP contribution in [0.5, 0.6) is 0 Å². The van der Waals surface area contributed by atoms with Crippen molar-refractivity contribution in [3.8, 4) is 0 Å². The Hall–Kier alpha value is -2.07. The van der Waals surface area contributed by atoms with E-state index < -0.39 is 0 Å². The lowest BCUT2D eigenvalue weighted by Gasteiger charge is -2.36. The Morgan fingerprint density at radius 2 is 2.09 bits per heavy atom. The van der Waals surface area contributed by atoms with Gasteiger partial charge in [-0.05, 0) is 25.0 Å². The minimum atomic E-state index is -0.307. The van der Waals surface area contributed by atoms with Crippen LogP contribution in [-0.2, 0) is 16.1 Å². The molecule has 1 amide bonds. The molecule has 1 saturated heterocycles. The highest BCUT2D eigenvalue weighted by Gasteiger charge is 2.57. The summed E-state index contributed by atoms with van der Waals surface area (Å²) < 4.78 is 11.6. The molecular formula is C19H21NO3. The van der Waals surface area contributed by atoms with Gasteiger partial charge in [0, 0.05) is 19.0 Å². The van der Waals surface area contributed by atoms with Gasteiger partial charge in [-0.25, -0.2) is 4.79 Å². The maximum absolute atomic E-state index is 12.4. The average Bonchev–Trinajstić information content (AvgIpc) is 3.01. The van der Waals surface area contributed by atoms with E-state index in [0.717, 1.165) is 5.56 Å². The first-order valence-corrected chi connectivity index (χ1v) is 8.07. The minimum Gasteiger partial charge on any atom is -0.445 e. The van der Waals surface area contributed by atoms with Crippen LogP contribution in [0.25, 0.3) is 0 Å². The molecule has 3 atom stereocenters. The third kappa shape index (κ3) is 2.29. The Balaban J connectivity index is 1.44. The molecule has 3 aliphatic rings. The fourth-order valence-corrected chi connectivity index (χ4v) is 3.93. The SMILES string of the molecule is C[C@]12C=C[C@](C)(O1)C1=CCN(C(=O)OCc3ccccc3)C[C@H]12. The molecule has 1 fully saturated rings. The van der Waals surface area contributed by atoms with Crippen molar-refractivity contribution < 1.29 is 14.3 Å². The number of nitrogens with zero attached hydrogens (tertiary/aromatic N) is 1. The maximum Gasteiger partial charge on any atom is 0.410 e. The predicted molar refractivity (Wildman–Crippen MR) is 86.8 cm³/mol. The molecule has 4 heteroatoms. The van der Waals surface area contributed by atoms with Crippen molar-refractivity contribution in [1.82, 2.24) is 4.90 Å². The topological polar surface area (TPSA) is 38.8 Å². The van der Waals surface area contributed by atoms with Gasteiger partial charge in [0.2, 0.25) is 0 Å². The Morgan fingerprint density at radius 3 is 2.87 bits per heavy atom. The summed E-state index contributed by atoms with van der Waals surface area (Å²) in [4.78, 5) is 14.1. The van der Waals surface area contributed by atoms with Gasteiger partial charge < -0.3 is 14.4 Å². The first kappa shape index (κ1) is 14.5. The summed E-state index contributed by atoms with van der Waals surface area (Å²) in [5, 5.41) is 0. The summed E-state index contributed by atoms with van der Waals surface area (Å²) >= 11 is 0. The van der Waals surface area contributed by atoms with Crippen LogP contribution in [0.3, 0.4) is 0 Å². The second-order valence-corrected chi connectivity index (χ2v) is 6.88. The van der Waals surface area contributed by atoms with E-state index in [0.29, 0.717) is 19.7 Å². The number of fused-ring (bicyclic) bond motifs is 5. The van der Waals surface area contributed by atoms with E-state index in [9.17, 15) is 4.79 Å². The van der Waals surface area contributed by atoms with Crippen molar-refractivity contribution in [2.45, 2.75) is 31.7 Å². The number of carbonyl (C=O) groups excluding carboxylic acids is 1. The summed E-state index contributed by atoms with van der Waals surface area (Å²) in [6.07, 6.45) is 6.14. The zero-order chi connectivity index (χ0) is 16.1. The second kappa shape index (κ2) is 4.96. The molecule has 0 spiro atoms. The molecular weight excluding hydrogens is 290 g/mol. The first-order valence-electron chi connectivity index (χ1n) is 8.07. The lowest BCUT2D eigenvalue weighted by atomic mass is 9.74. The van der Waals surface area contributed by atoms with E-state index >= 15 is 0 Å². The Labute approximate surface area is 136 Å². The highest BCUT2D eigenvalue weighted by Crippen LogP contribution is 2.54. The van der Waals surface area contributed by atoms with Crippen LogP contribution in [0.1, 0.15) is 19.4 Å². The highest BCUT2D eigenvalue weighted by molar-refractivity contribution is 5.68. The fraction of sp³-hybridized carbons (Fsp3) is 0.421. The number of benzene rings is 1.